The Balaban J connectivity index is 2.03. The van der Waals surface area contributed by atoms with Gasteiger partial charge >= 0.3 is 6.09 Å². The maximum absolute atomic E-state index is 12.3. The Morgan fingerprint density at radius 3 is 2.91 bits per heavy atom. The lowest BCUT2D eigenvalue weighted by atomic mass is 10.0. The van der Waals surface area contributed by atoms with Crippen molar-refractivity contribution in [1.82, 2.24) is 19.9 Å². The first kappa shape index (κ1) is 16.7. The van der Waals surface area contributed by atoms with E-state index in [4.69, 9.17) is 9.47 Å². The highest BCUT2D eigenvalue weighted by Crippen LogP contribution is 2.18. The highest BCUT2D eigenvalue weighted by Gasteiger charge is 2.35. The van der Waals surface area contributed by atoms with Crippen LogP contribution in [0.2, 0.25) is 0 Å². The summed E-state index contributed by atoms with van der Waals surface area (Å²) in [4.78, 5) is 13.8. The maximum atomic E-state index is 12.3. The first-order chi connectivity index (χ1) is 10.3. The molecule has 1 aromatic heterocycles. The van der Waals surface area contributed by atoms with Gasteiger partial charge in [-0.25, -0.2) is 4.79 Å². The van der Waals surface area contributed by atoms with Crippen molar-refractivity contribution in [1.29, 1.82) is 0 Å². The lowest BCUT2D eigenvalue weighted by Gasteiger charge is -2.38. The van der Waals surface area contributed by atoms with Gasteiger partial charge in [-0.3, -0.25) is 9.58 Å². The van der Waals surface area contributed by atoms with Crippen molar-refractivity contribution < 1.29 is 19.4 Å². The molecule has 0 bridgehead atoms. The van der Waals surface area contributed by atoms with E-state index in [9.17, 15) is 9.90 Å². The number of carbonyl (C=O) groups excluding carboxylic acids is 1. The summed E-state index contributed by atoms with van der Waals surface area (Å²) < 4.78 is 12.4. The zero-order chi connectivity index (χ0) is 16.3. The van der Waals surface area contributed by atoms with Crippen LogP contribution in [-0.4, -0.2) is 68.6 Å². The minimum absolute atomic E-state index is 0.278. The van der Waals surface area contributed by atoms with Gasteiger partial charge < -0.3 is 14.6 Å². The number of rotatable bonds is 3. The predicted molar refractivity (Wildman–Crippen MR) is 78.3 cm³/mol. The molecule has 0 aliphatic carbocycles. The Bertz CT molecular complexity index is 511. The van der Waals surface area contributed by atoms with Crippen molar-refractivity contribution >= 4 is 6.09 Å². The minimum atomic E-state index is -0.787. The molecule has 2 rings (SSSR count). The van der Waals surface area contributed by atoms with Gasteiger partial charge in [0.15, 0.2) is 0 Å². The number of nitrogens with zero attached hydrogens (tertiary/aromatic N) is 4. The number of aliphatic hydroxyl groups is 1. The van der Waals surface area contributed by atoms with Gasteiger partial charge in [0.2, 0.25) is 0 Å². The van der Waals surface area contributed by atoms with Crippen LogP contribution in [0.1, 0.15) is 26.5 Å². The number of aryl methyl sites for hydroxylation is 1. The highest BCUT2D eigenvalue weighted by molar-refractivity contribution is 5.68. The molecule has 1 fully saturated rings. The van der Waals surface area contributed by atoms with E-state index in [2.05, 4.69) is 10.3 Å². The van der Waals surface area contributed by atoms with Gasteiger partial charge in [0.05, 0.1) is 31.1 Å². The fourth-order valence-electron chi connectivity index (χ4n) is 2.33. The number of morpholine rings is 1. The number of aromatic nitrogens is 3. The molecule has 1 N–H and O–H groups in total. The molecule has 0 saturated carbocycles. The maximum Gasteiger partial charge on any atom is 0.410 e. The van der Waals surface area contributed by atoms with E-state index in [1.807, 2.05) is 20.8 Å². The Morgan fingerprint density at radius 2 is 2.32 bits per heavy atom. The van der Waals surface area contributed by atoms with Crippen molar-refractivity contribution in [2.45, 2.75) is 44.9 Å². The third kappa shape index (κ3) is 4.41. The Hall–Kier alpha value is -1.67. The van der Waals surface area contributed by atoms with Gasteiger partial charge in [-0.05, 0) is 20.8 Å². The van der Waals surface area contributed by atoms with Gasteiger partial charge in [0, 0.05) is 26.2 Å². The fraction of sp³-hybridized carbons (Fsp3) is 0.786. The summed E-state index contributed by atoms with van der Waals surface area (Å²) in [6.07, 6.45) is 0.829. The summed E-state index contributed by atoms with van der Waals surface area (Å²) in [7, 11) is 1.76. The van der Waals surface area contributed by atoms with Gasteiger partial charge in [-0.15, -0.1) is 5.10 Å². The van der Waals surface area contributed by atoms with Crippen molar-refractivity contribution in [3.8, 4) is 0 Å². The lowest BCUT2D eigenvalue weighted by molar-refractivity contribution is -0.0661. The van der Waals surface area contributed by atoms with Gasteiger partial charge in [0.1, 0.15) is 5.60 Å². The van der Waals surface area contributed by atoms with E-state index < -0.39 is 23.8 Å². The summed E-state index contributed by atoms with van der Waals surface area (Å²) >= 11 is 0. The van der Waals surface area contributed by atoms with Crippen molar-refractivity contribution in [2.24, 2.45) is 7.05 Å². The SMILES string of the molecule is Cn1cc(CC(O)C2COCCN2C(=O)OC(C)(C)C)nn1. The van der Waals surface area contributed by atoms with Crippen LogP contribution in [0.3, 0.4) is 0 Å². The molecule has 1 aromatic rings. The first-order valence-electron chi connectivity index (χ1n) is 7.37. The second kappa shape index (κ2) is 6.62. The molecule has 22 heavy (non-hydrogen) atoms. The fourth-order valence-corrected chi connectivity index (χ4v) is 2.33. The summed E-state index contributed by atoms with van der Waals surface area (Å²) in [6.45, 7) is 6.56. The number of hydrogen-bond donors (Lipinski definition) is 1. The molecule has 1 amide bonds. The van der Waals surface area contributed by atoms with Crippen LogP contribution in [0.25, 0.3) is 0 Å². The zero-order valence-corrected chi connectivity index (χ0v) is 13.5. The molecule has 0 aromatic carbocycles. The van der Waals surface area contributed by atoms with Crippen molar-refractivity contribution in [3.63, 3.8) is 0 Å². The van der Waals surface area contributed by atoms with Gasteiger partial charge in [-0.1, -0.05) is 5.21 Å². The van der Waals surface area contributed by atoms with E-state index in [1.54, 1.807) is 17.9 Å². The van der Waals surface area contributed by atoms with E-state index in [0.29, 0.717) is 25.3 Å². The van der Waals surface area contributed by atoms with E-state index in [-0.39, 0.29) is 6.61 Å². The lowest BCUT2D eigenvalue weighted by Crippen LogP contribution is -2.55. The quantitative estimate of drug-likeness (QED) is 0.866. The van der Waals surface area contributed by atoms with Gasteiger partial charge in [0.25, 0.3) is 0 Å². The summed E-state index contributed by atoms with van der Waals surface area (Å²) in [5.41, 5.74) is 0.0974. The third-order valence-electron chi connectivity index (χ3n) is 3.31. The summed E-state index contributed by atoms with van der Waals surface area (Å²) in [6, 6.07) is -0.453. The van der Waals surface area contributed by atoms with E-state index in [1.165, 1.54) is 4.90 Å². The third-order valence-corrected chi connectivity index (χ3v) is 3.31. The molecule has 2 unspecified atom stereocenters. The molecule has 1 aliphatic heterocycles. The normalized spacial score (nSPS) is 20.8. The second-order valence-corrected chi connectivity index (χ2v) is 6.47. The minimum Gasteiger partial charge on any atom is -0.444 e. The average Bonchev–Trinajstić information content (AvgIpc) is 2.82. The molecule has 2 heterocycles. The highest BCUT2D eigenvalue weighted by atomic mass is 16.6. The Kier molecular flexibility index (Phi) is 5.02. The van der Waals surface area contributed by atoms with Gasteiger partial charge in [-0.2, -0.15) is 0 Å². The van der Waals surface area contributed by atoms with Crippen LogP contribution >= 0.6 is 0 Å². The summed E-state index contributed by atoms with van der Waals surface area (Å²) in [5.74, 6) is 0. The number of amides is 1. The molecule has 0 spiro atoms. The molecule has 1 aliphatic rings. The molecule has 8 nitrogen and oxygen atoms in total. The number of hydrogen-bond acceptors (Lipinski definition) is 6. The van der Waals surface area contributed by atoms with Crippen LogP contribution in [0, 0.1) is 0 Å². The first-order valence-corrected chi connectivity index (χ1v) is 7.37. The molecule has 1 saturated heterocycles. The Labute approximate surface area is 130 Å². The number of aliphatic hydroxyl groups excluding tert-OH is 1. The smallest absolute Gasteiger partial charge is 0.410 e. The van der Waals surface area contributed by atoms with Crippen molar-refractivity contribution in [3.05, 3.63) is 11.9 Å². The van der Waals surface area contributed by atoms with E-state index >= 15 is 0 Å². The molecule has 0 radical (unpaired) electrons. The monoisotopic (exact) mass is 312 g/mol. The topological polar surface area (TPSA) is 89.7 Å². The molecule has 8 heteroatoms. The zero-order valence-electron chi connectivity index (χ0n) is 13.5. The van der Waals surface area contributed by atoms with Crippen LogP contribution in [0.5, 0.6) is 0 Å². The van der Waals surface area contributed by atoms with Crippen molar-refractivity contribution in [2.75, 3.05) is 19.8 Å². The molecule has 124 valence electrons. The van der Waals surface area contributed by atoms with Crippen LogP contribution < -0.4 is 0 Å². The predicted octanol–water partition coefficient (Wildman–Crippen LogP) is 0.354. The van der Waals surface area contributed by atoms with Crippen LogP contribution in [0.15, 0.2) is 6.20 Å². The number of carbonyl (C=O) groups is 1. The number of ether oxygens (including phenoxy) is 2. The van der Waals surface area contributed by atoms with Crippen LogP contribution in [0.4, 0.5) is 4.79 Å². The average molecular weight is 312 g/mol. The molecule has 2 atom stereocenters. The Morgan fingerprint density at radius 1 is 1.59 bits per heavy atom. The van der Waals surface area contributed by atoms with Crippen LogP contribution in [-0.2, 0) is 22.9 Å². The molecular weight excluding hydrogens is 288 g/mol. The second-order valence-electron chi connectivity index (χ2n) is 6.47. The largest absolute Gasteiger partial charge is 0.444 e. The standard InChI is InChI=1S/C14H24N4O4/c1-14(2,3)22-13(20)18-5-6-21-9-11(18)12(19)7-10-8-17(4)16-15-10/h8,11-12,19H,5-7,9H2,1-4H3. The molecular formula is C14H24N4O4. The summed E-state index contributed by atoms with van der Waals surface area (Å²) in [5, 5.41) is 18.2. The van der Waals surface area contributed by atoms with E-state index in [0.717, 1.165) is 0 Å².